The summed E-state index contributed by atoms with van der Waals surface area (Å²) in [5.74, 6) is 1.36. The van der Waals surface area contributed by atoms with Crippen molar-refractivity contribution in [3.63, 3.8) is 0 Å². The number of ether oxygens (including phenoxy) is 2. The lowest BCUT2D eigenvalue weighted by Crippen LogP contribution is -2.58. The molecule has 202 valence electrons. The molecule has 6 atom stereocenters. The number of urea groups is 1. The van der Waals surface area contributed by atoms with Crippen molar-refractivity contribution < 1.29 is 48.0 Å². The third kappa shape index (κ3) is 7.01. The minimum atomic E-state index is -4.31. The fraction of sp³-hybridized carbons (Fsp3) is 0.455. The fourth-order valence-electron chi connectivity index (χ4n) is 3.39. The molecule has 1 saturated heterocycles. The molecule has 0 saturated carbocycles. The molecular formula is C22H27ClN3O10P. The summed E-state index contributed by atoms with van der Waals surface area (Å²) < 4.78 is 35.0. The Hall–Kier alpha value is -2.66. The van der Waals surface area contributed by atoms with E-state index >= 15 is 0 Å². The highest BCUT2D eigenvalue weighted by Gasteiger charge is 2.58. The summed E-state index contributed by atoms with van der Waals surface area (Å²) in [6.45, 7) is 2.08. The van der Waals surface area contributed by atoms with Crippen LogP contribution in [-0.2, 0) is 23.4 Å². The Bertz CT molecular complexity index is 1110. The lowest BCUT2D eigenvalue weighted by molar-refractivity contribution is -0.146. The number of carbonyl (C=O) groups excluding carboxylic acids is 2. The largest absolute Gasteiger partial charge is 0.462 e. The molecule has 15 heteroatoms. The molecular weight excluding hydrogens is 533 g/mol. The first-order valence-electron chi connectivity index (χ1n) is 11.0. The first-order valence-corrected chi connectivity index (χ1v) is 12.9. The number of rotatable bonds is 10. The van der Waals surface area contributed by atoms with Crippen molar-refractivity contribution in [2.75, 3.05) is 13.2 Å². The van der Waals surface area contributed by atoms with Gasteiger partial charge in [-0.3, -0.25) is 14.2 Å². The minimum Gasteiger partial charge on any atom is -0.462 e. The highest BCUT2D eigenvalue weighted by Crippen LogP contribution is 2.45. The van der Waals surface area contributed by atoms with E-state index < -0.39 is 69.3 Å². The number of esters is 1. The van der Waals surface area contributed by atoms with E-state index in [4.69, 9.17) is 36.5 Å². The zero-order valence-corrected chi connectivity index (χ0v) is 21.5. The molecule has 2 amide bonds. The molecule has 0 aromatic heterocycles. The predicted octanol–water partition coefficient (Wildman–Crippen LogP) is 0.692. The second kappa shape index (κ2) is 11.8. The Kier molecular flexibility index (Phi) is 9.22. The molecule has 0 bridgehead atoms. The van der Waals surface area contributed by atoms with Gasteiger partial charge in [0.05, 0.1) is 12.7 Å². The Balaban J connectivity index is 1.77. The van der Waals surface area contributed by atoms with Gasteiger partial charge in [-0.1, -0.05) is 17.5 Å². The van der Waals surface area contributed by atoms with Crippen molar-refractivity contribution in [1.29, 1.82) is 0 Å². The number of aliphatic hydroxyl groups excluding tert-OH is 2. The number of hydrogen-bond donors (Lipinski definition) is 5. The summed E-state index contributed by atoms with van der Waals surface area (Å²) in [7, 11) is -4.31. The van der Waals surface area contributed by atoms with Gasteiger partial charge in [-0.2, -0.15) is 0 Å². The third-order valence-corrected chi connectivity index (χ3v) is 6.87. The molecule has 2 heterocycles. The van der Waals surface area contributed by atoms with Crippen LogP contribution in [0, 0.1) is 12.3 Å². The van der Waals surface area contributed by atoms with Crippen LogP contribution in [-0.4, -0.2) is 81.7 Å². The number of amides is 2. The first kappa shape index (κ1) is 28.9. The Morgan fingerprint density at radius 3 is 2.65 bits per heavy atom. The number of benzene rings is 1. The molecule has 2 unspecified atom stereocenters. The lowest BCUT2D eigenvalue weighted by atomic mass is 9.94. The topological polar surface area (TPSA) is 176 Å². The Morgan fingerprint density at radius 2 is 2.05 bits per heavy atom. The van der Waals surface area contributed by atoms with E-state index in [0.717, 1.165) is 11.1 Å². The number of hydrogen-bond acceptors (Lipinski definition) is 10. The Morgan fingerprint density at radius 1 is 1.38 bits per heavy atom. The van der Waals surface area contributed by atoms with E-state index in [1.165, 1.54) is 30.3 Å². The SMILES string of the molecule is C#C[C@@]1(O)[C@H](O)[C@@H](COP(=O)(NCC(=O)OC(C)C)Oc2ccc(Cl)cc2)O[C@H]1N1C=CC(O)NC1=O. The van der Waals surface area contributed by atoms with Gasteiger partial charge in [0.2, 0.25) is 0 Å². The van der Waals surface area contributed by atoms with Gasteiger partial charge in [-0.15, -0.1) is 6.42 Å². The number of halogens is 1. The van der Waals surface area contributed by atoms with Crippen LogP contribution in [0.25, 0.3) is 0 Å². The van der Waals surface area contributed by atoms with Crippen LogP contribution >= 0.6 is 19.3 Å². The van der Waals surface area contributed by atoms with Gasteiger partial charge in [0, 0.05) is 11.2 Å². The molecule has 13 nitrogen and oxygen atoms in total. The maximum Gasteiger partial charge on any atom is 0.459 e. The van der Waals surface area contributed by atoms with E-state index in [-0.39, 0.29) is 5.75 Å². The van der Waals surface area contributed by atoms with Crippen LogP contribution in [0.5, 0.6) is 5.75 Å². The lowest BCUT2D eigenvalue weighted by Gasteiger charge is -2.35. The molecule has 1 aromatic rings. The summed E-state index contributed by atoms with van der Waals surface area (Å²) in [6, 6.07) is 4.92. The van der Waals surface area contributed by atoms with Crippen LogP contribution in [0.4, 0.5) is 4.79 Å². The van der Waals surface area contributed by atoms with E-state index in [2.05, 4.69) is 10.4 Å². The molecule has 2 aliphatic heterocycles. The summed E-state index contributed by atoms with van der Waals surface area (Å²) in [6.07, 6.45) is 1.28. The molecule has 1 fully saturated rings. The zero-order chi connectivity index (χ0) is 27.4. The number of nitrogens with one attached hydrogen (secondary N) is 2. The average molecular weight is 560 g/mol. The maximum atomic E-state index is 13.5. The van der Waals surface area contributed by atoms with Crippen LogP contribution in [0.2, 0.25) is 5.02 Å². The van der Waals surface area contributed by atoms with Crippen LogP contribution in [0.3, 0.4) is 0 Å². The number of carbonyl (C=O) groups is 2. The van der Waals surface area contributed by atoms with Crippen LogP contribution in [0.15, 0.2) is 36.5 Å². The van der Waals surface area contributed by atoms with E-state index in [1.54, 1.807) is 13.8 Å². The van der Waals surface area contributed by atoms with Crippen LogP contribution in [0.1, 0.15) is 13.8 Å². The molecule has 37 heavy (non-hydrogen) atoms. The number of aliphatic hydroxyl groups is 3. The number of terminal acetylenes is 1. The molecule has 0 radical (unpaired) electrons. The average Bonchev–Trinajstić information content (AvgIpc) is 3.08. The first-order chi connectivity index (χ1) is 17.4. The Labute approximate surface area is 217 Å². The van der Waals surface area contributed by atoms with Crippen LogP contribution < -0.4 is 14.9 Å². The van der Waals surface area contributed by atoms with E-state index in [1.807, 2.05) is 5.92 Å². The van der Waals surface area contributed by atoms with Gasteiger partial charge >= 0.3 is 19.7 Å². The summed E-state index contributed by atoms with van der Waals surface area (Å²) in [5, 5.41) is 36.1. The smallest absolute Gasteiger partial charge is 0.459 e. The molecule has 3 rings (SSSR count). The van der Waals surface area contributed by atoms with Gasteiger partial charge in [0.15, 0.2) is 11.8 Å². The van der Waals surface area contributed by atoms with Gasteiger partial charge < -0.3 is 34.6 Å². The monoisotopic (exact) mass is 559 g/mol. The van der Waals surface area contributed by atoms with Gasteiger partial charge in [0.25, 0.3) is 0 Å². The predicted molar refractivity (Wildman–Crippen MR) is 129 cm³/mol. The van der Waals surface area contributed by atoms with E-state index in [9.17, 15) is 29.5 Å². The molecule has 0 spiro atoms. The number of nitrogens with zero attached hydrogens (tertiary/aromatic N) is 1. The third-order valence-electron chi connectivity index (χ3n) is 5.13. The van der Waals surface area contributed by atoms with Gasteiger partial charge in [-0.25, -0.2) is 14.4 Å². The second-order valence-corrected chi connectivity index (χ2v) is 10.5. The standard InChI is InChI=1S/C22H27ClN3O10P/c1-4-22(31)19(29)16(35-20(22)26-10-9-17(27)25-21(26)30)12-33-37(32,24-11-18(28)34-13(2)3)36-15-7-5-14(23)6-8-15/h1,5-10,13,16-17,19-20,27,29,31H,11-12H2,2-3H3,(H,24,32)(H,25,30)/t16-,17?,19-,20-,22-,37?/m1/s1. The van der Waals surface area contributed by atoms with Crippen molar-refractivity contribution in [3.05, 3.63) is 41.6 Å². The summed E-state index contributed by atoms with van der Waals surface area (Å²) in [5.41, 5.74) is -2.40. The highest BCUT2D eigenvalue weighted by atomic mass is 35.5. The maximum absolute atomic E-state index is 13.5. The van der Waals surface area contributed by atoms with Crippen molar-refractivity contribution >= 4 is 31.3 Å². The zero-order valence-electron chi connectivity index (χ0n) is 19.8. The normalized spacial score (nSPS) is 28.9. The molecule has 2 aliphatic rings. The summed E-state index contributed by atoms with van der Waals surface area (Å²) in [4.78, 5) is 25.1. The van der Waals surface area contributed by atoms with E-state index in [0.29, 0.717) is 5.02 Å². The van der Waals surface area contributed by atoms with Gasteiger partial charge in [0.1, 0.15) is 30.7 Å². The van der Waals surface area contributed by atoms with Crippen molar-refractivity contribution in [2.45, 2.75) is 50.2 Å². The van der Waals surface area contributed by atoms with Gasteiger partial charge in [-0.05, 0) is 44.2 Å². The van der Waals surface area contributed by atoms with Crippen molar-refractivity contribution in [1.82, 2.24) is 15.3 Å². The molecule has 1 aromatic carbocycles. The fourth-order valence-corrected chi connectivity index (χ4v) is 4.79. The molecule has 5 N–H and O–H groups in total. The quantitative estimate of drug-likeness (QED) is 0.155. The van der Waals surface area contributed by atoms with Crippen molar-refractivity contribution in [2.24, 2.45) is 0 Å². The highest BCUT2D eigenvalue weighted by molar-refractivity contribution is 7.52. The second-order valence-electron chi connectivity index (χ2n) is 8.30. The summed E-state index contributed by atoms with van der Waals surface area (Å²) >= 11 is 5.87. The minimum absolute atomic E-state index is 0.0806. The van der Waals surface area contributed by atoms with Crippen molar-refractivity contribution in [3.8, 4) is 18.1 Å². The molecule has 0 aliphatic carbocycles.